The molecule has 2 saturated heterocycles. The highest BCUT2D eigenvalue weighted by molar-refractivity contribution is 5.85. The van der Waals surface area contributed by atoms with Crippen LogP contribution in [0.1, 0.15) is 6.42 Å². The third-order valence-electron chi connectivity index (χ3n) is 3.00. The summed E-state index contributed by atoms with van der Waals surface area (Å²) < 4.78 is 5.26. The van der Waals surface area contributed by atoms with Gasteiger partial charge in [0.05, 0.1) is 12.5 Å². The fourth-order valence-corrected chi connectivity index (χ4v) is 2.19. The van der Waals surface area contributed by atoms with E-state index in [-0.39, 0.29) is 23.7 Å². The van der Waals surface area contributed by atoms with Crippen molar-refractivity contribution < 1.29 is 14.6 Å². The van der Waals surface area contributed by atoms with Crippen molar-refractivity contribution >= 4 is 18.4 Å². The molecule has 2 fully saturated rings. The molecule has 0 radical (unpaired) electrons. The molecule has 2 heterocycles. The van der Waals surface area contributed by atoms with Gasteiger partial charge in [-0.25, -0.2) is 0 Å². The van der Waals surface area contributed by atoms with Crippen LogP contribution in [-0.2, 0) is 9.53 Å². The zero-order valence-corrected chi connectivity index (χ0v) is 8.10. The molecule has 2 aliphatic rings. The Morgan fingerprint density at radius 1 is 1.62 bits per heavy atom. The summed E-state index contributed by atoms with van der Waals surface area (Å²) in [6.07, 6.45) is 0.886. The number of aliphatic carboxylic acids is 1. The van der Waals surface area contributed by atoms with Crippen LogP contribution in [0.2, 0.25) is 0 Å². The zero-order valence-electron chi connectivity index (χ0n) is 7.28. The molecule has 0 aromatic carbocycles. The van der Waals surface area contributed by atoms with Crippen molar-refractivity contribution in [3.63, 3.8) is 0 Å². The number of rotatable bonds is 1. The van der Waals surface area contributed by atoms with Crippen molar-refractivity contribution in [3.8, 4) is 0 Å². The largest absolute Gasteiger partial charge is 0.481 e. The third kappa shape index (κ3) is 1.66. The van der Waals surface area contributed by atoms with Gasteiger partial charge in [-0.3, -0.25) is 4.79 Å². The Balaban J connectivity index is 0.000000845. The van der Waals surface area contributed by atoms with E-state index in [0.717, 1.165) is 13.0 Å². The molecule has 0 saturated carbocycles. The van der Waals surface area contributed by atoms with E-state index in [1.807, 2.05) is 0 Å². The maximum absolute atomic E-state index is 10.9. The Morgan fingerprint density at radius 3 is 2.92 bits per heavy atom. The van der Waals surface area contributed by atoms with E-state index in [1.165, 1.54) is 0 Å². The number of carbonyl (C=O) groups is 1. The number of carboxylic acids is 1. The Bertz CT molecular complexity index is 198. The zero-order chi connectivity index (χ0) is 8.60. The topological polar surface area (TPSA) is 58.6 Å². The molecular formula is C8H14ClNO3. The maximum Gasteiger partial charge on any atom is 0.308 e. The van der Waals surface area contributed by atoms with E-state index < -0.39 is 5.97 Å². The lowest BCUT2D eigenvalue weighted by atomic mass is 9.77. The summed E-state index contributed by atoms with van der Waals surface area (Å²) >= 11 is 0. The van der Waals surface area contributed by atoms with Crippen molar-refractivity contribution in [2.24, 2.45) is 11.3 Å². The van der Waals surface area contributed by atoms with Crippen LogP contribution in [0.5, 0.6) is 0 Å². The molecule has 0 aliphatic carbocycles. The monoisotopic (exact) mass is 207 g/mol. The highest BCUT2D eigenvalue weighted by Crippen LogP contribution is 2.39. The minimum Gasteiger partial charge on any atom is -0.481 e. The summed E-state index contributed by atoms with van der Waals surface area (Å²) in [6, 6.07) is 0. The highest BCUT2D eigenvalue weighted by atomic mass is 35.5. The van der Waals surface area contributed by atoms with Crippen LogP contribution in [0.4, 0.5) is 0 Å². The lowest BCUT2D eigenvalue weighted by molar-refractivity contribution is -0.144. The number of carboxylic acid groups (broad SMARTS) is 1. The summed E-state index contributed by atoms with van der Waals surface area (Å²) in [6.45, 7) is 2.71. The first-order valence-electron chi connectivity index (χ1n) is 4.26. The lowest BCUT2D eigenvalue weighted by Crippen LogP contribution is -2.35. The van der Waals surface area contributed by atoms with Crippen LogP contribution in [0.15, 0.2) is 0 Å². The van der Waals surface area contributed by atoms with Crippen LogP contribution in [-0.4, -0.2) is 37.4 Å². The fourth-order valence-electron chi connectivity index (χ4n) is 2.19. The minimum atomic E-state index is -0.689. The summed E-state index contributed by atoms with van der Waals surface area (Å²) in [5, 5.41) is 12.1. The van der Waals surface area contributed by atoms with Gasteiger partial charge in [-0.05, 0) is 6.42 Å². The molecule has 2 atom stereocenters. The number of hydrogen-bond acceptors (Lipinski definition) is 3. The number of hydrogen-bond donors (Lipinski definition) is 2. The van der Waals surface area contributed by atoms with Gasteiger partial charge in [0.2, 0.25) is 0 Å². The first-order valence-corrected chi connectivity index (χ1v) is 4.26. The van der Waals surface area contributed by atoms with Gasteiger partial charge >= 0.3 is 5.97 Å². The number of halogens is 1. The molecule has 5 heteroatoms. The second kappa shape index (κ2) is 3.82. The van der Waals surface area contributed by atoms with Crippen molar-refractivity contribution in [1.82, 2.24) is 5.32 Å². The number of ether oxygens (including phenoxy) is 1. The molecular weight excluding hydrogens is 194 g/mol. The van der Waals surface area contributed by atoms with E-state index in [0.29, 0.717) is 19.8 Å². The third-order valence-corrected chi connectivity index (χ3v) is 3.00. The molecule has 76 valence electrons. The van der Waals surface area contributed by atoms with Gasteiger partial charge in [0.1, 0.15) is 0 Å². The average Bonchev–Trinajstić information content (AvgIpc) is 2.61. The Kier molecular flexibility index (Phi) is 3.16. The minimum absolute atomic E-state index is 0. The standard InChI is InChI=1S/C8H13NO3.ClH/c10-7(11)6-3-9-4-8(6)1-2-12-5-8;/h6,9H,1-5H2,(H,10,11);1H. The molecule has 0 aromatic heterocycles. The first kappa shape index (κ1) is 10.8. The van der Waals surface area contributed by atoms with Crippen molar-refractivity contribution in [1.29, 1.82) is 0 Å². The van der Waals surface area contributed by atoms with Crippen LogP contribution >= 0.6 is 12.4 Å². The van der Waals surface area contributed by atoms with E-state index in [9.17, 15) is 4.79 Å². The molecule has 2 N–H and O–H groups in total. The van der Waals surface area contributed by atoms with Crippen LogP contribution in [0, 0.1) is 11.3 Å². The van der Waals surface area contributed by atoms with E-state index in [2.05, 4.69) is 5.32 Å². The predicted octanol–water partition coefficient (Wildman–Crippen LogP) is 0.119. The van der Waals surface area contributed by atoms with Crippen LogP contribution < -0.4 is 5.32 Å². The molecule has 0 aromatic rings. The molecule has 0 bridgehead atoms. The van der Waals surface area contributed by atoms with E-state index in [4.69, 9.17) is 9.84 Å². The molecule has 0 amide bonds. The predicted molar refractivity (Wildman–Crippen MR) is 49.1 cm³/mol. The van der Waals surface area contributed by atoms with Gasteiger partial charge in [0.15, 0.2) is 0 Å². The second-order valence-electron chi connectivity index (χ2n) is 3.69. The molecule has 2 rings (SSSR count). The molecule has 4 nitrogen and oxygen atoms in total. The van der Waals surface area contributed by atoms with Crippen molar-refractivity contribution in [3.05, 3.63) is 0 Å². The number of nitrogens with one attached hydrogen (secondary N) is 1. The van der Waals surface area contributed by atoms with Gasteiger partial charge in [-0.1, -0.05) is 0 Å². The van der Waals surface area contributed by atoms with Crippen LogP contribution in [0.25, 0.3) is 0 Å². The summed E-state index contributed by atoms with van der Waals surface area (Å²) in [5.74, 6) is -0.939. The Hall–Kier alpha value is -0.320. The lowest BCUT2D eigenvalue weighted by Gasteiger charge is -2.24. The van der Waals surface area contributed by atoms with Gasteiger partial charge in [-0.2, -0.15) is 0 Å². The van der Waals surface area contributed by atoms with E-state index >= 15 is 0 Å². The van der Waals surface area contributed by atoms with Gasteiger partial charge in [0, 0.05) is 25.1 Å². The Morgan fingerprint density at radius 2 is 2.38 bits per heavy atom. The molecule has 13 heavy (non-hydrogen) atoms. The van der Waals surface area contributed by atoms with Gasteiger partial charge < -0.3 is 15.2 Å². The van der Waals surface area contributed by atoms with Crippen molar-refractivity contribution in [2.75, 3.05) is 26.3 Å². The first-order chi connectivity index (χ1) is 5.75. The summed E-state index contributed by atoms with van der Waals surface area (Å²) in [7, 11) is 0. The Labute approximate surface area is 83.1 Å². The maximum atomic E-state index is 10.9. The molecule has 2 unspecified atom stereocenters. The second-order valence-corrected chi connectivity index (χ2v) is 3.69. The average molecular weight is 208 g/mol. The normalized spacial score (nSPS) is 37.7. The van der Waals surface area contributed by atoms with Gasteiger partial charge in [-0.15, -0.1) is 12.4 Å². The quantitative estimate of drug-likeness (QED) is 0.641. The fraction of sp³-hybridized carbons (Fsp3) is 0.875. The van der Waals surface area contributed by atoms with E-state index in [1.54, 1.807) is 0 Å². The molecule has 2 aliphatic heterocycles. The van der Waals surface area contributed by atoms with Gasteiger partial charge in [0.25, 0.3) is 0 Å². The SMILES string of the molecule is Cl.O=C(O)C1CNCC12CCOC2. The molecule has 1 spiro atoms. The van der Waals surface area contributed by atoms with Crippen LogP contribution in [0.3, 0.4) is 0 Å². The summed E-state index contributed by atoms with van der Waals surface area (Å²) in [4.78, 5) is 10.9. The van der Waals surface area contributed by atoms with Crippen molar-refractivity contribution in [2.45, 2.75) is 6.42 Å². The smallest absolute Gasteiger partial charge is 0.308 e. The highest BCUT2D eigenvalue weighted by Gasteiger charge is 2.49. The summed E-state index contributed by atoms with van der Waals surface area (Å²) in [5.41, 5.74) is -0.105.